The molecule has 5 nitrogen and oxygen atoms in total. The lowest BCUT2D eigenvalue weighted by Gasteiger charge is -2.16. The van der Waals surface area contributed by atoms with Gasteiger partial charge in [-0.3, -0.25) is 10.1 Å². The molecule has 1 aliphatic heterocycles. The molecular weight excluding hydrogens is 385 g/mol. The highest BCUT2D eigenvalue weighted by Gasteiger charge is 2.42. The molecule has 1 aliphatic rings. The minimum atomic E-state index is -2.82. The summed E-state index contributed by atoms with van der Waals surface area (Å²) < 4.78 is 26.4. The van der Waals surface area contributed by atoms with Gasteiger partial charge in [-0.25, -0.2) is 13.8 Å². The Bertz CT molecular complexity index is 774. The number of alkyl halides is 2. The zero-order chi connectivity index (χ0) is 17.3. The highest BCUT2D eigenvalue weighted by Crippen LogP contribution is 2.25. The molecule has 1 unspecified atom stereocenters. The van der Waals surface area contributed by atoms with E-state index in [2.05, 4.69) is 15.6 Å². The maximum atomic E-state index is 13.2. The van der Waals surface area contributed by atoms with Crippen LogP contribution in [0.3, 0.4) is 0 Å². The minimum Gasteiger partial charge on any atom is -0.363 e. The Balaban J connectivity index is 0.00000169. The molecule has 0 saturated carbocycles. The first-order chi connectivity index (χ1) is 11.4. The van der Waals surface area contributed by atoms with E-state index in [0.29, 0.717) is 0 Å². The number of para-hydroxylation sites is 1. The lowest BCUT2D eigenvalue weighted by atomic mass is 10.1. The zero-order valence-electron chi connectivity index (χ0n) is 14.5. The number of benzene rings is 1. The maximum Gasteiger partial charge on any atom is 0.262 e. The molecule has 2 aromatic rings. The Morgan fingerprint density at radius 1 is 1.35 bits per heavy atom. The van der Waals surface area contributed by atoms with E-state index in [1.54, 1.807) is 0 Å². The third-order valence-corrected chi connectivity index (χ3v) is 4.13. The molecule has 144 valence electrons. The molecule has 26 heavy (non-hydrogen) atoms. The van der Waals surface area contributed by atoms with Crippen molar-refractivity contribution in [3.63, 3.8) is 0 Å². The first-order valence-corrected chi connectivity index (χ1v) is 7.81. The van der Waals surface area contributed by atoms with E-state index < -0.39 is 30.8 Å². The summed E-state index contributed by atoms with van der Waals surface area (Å²) in [5, 5.41) is 6.26. The lowest BCUT2D eigenvalue weighted by molar-refractivity contribution is -0.123. The Hall–Kier alpha value is -1.70. The third-order valence-electron chi connectivity index (χ3n) is 4.13. The van der Waals surface area contributed by atoms with Crippen molar-refractivity contribution in [2.45, 2.75) is 24.9 Å². The van der Waals surface area contributed by atoms with Crippen molar-refractivity contribution in [3.05, 3.63) is 35.9 Å². The largest absolute Gasteiger partial charge is 0.363 e. The van der Waals surface area contributed by atoms with Gasteiger partial charge in [0.25, 0.3) is 5.92 Å². The van der Waals surface area contributed by atoms with E-state index in [-0.39, 0.29) is 31.4 Å². The summed E-state index contributed by atoms with van der Waals surface area (Å²) in [5.41, 5.74) is 1.74. The topological polar surface area (TPSA) is 57.3 Å². The van der Waals surface area contributed by atoms with Crippen LogP contribution >= 0.6 is 24.8 Å². The van der Waals surface area contributed by atoms with Gasteiger partial charge in [0.1, 0.15) is 5.82 Å². The van der Waals surface area contributed by atoms with Crippen LogP contribution in [-0.2, 0) is 11.3 Å². The molecule has 1 saturated heterocycles. The predicted octanol–water partition coefficient (Wildman–Crippen LogP) is 2.76. The summed E-state index contributed by atoms with van der Waals surface area (Å²) >= 11 is 0. The third kappa shape index (κ3) is 4.93. The van der Waals surface area contributed by atoms with Crippen LogP contribution in [0.5, 0.6) is 0 Å². The summed E-state index contributed by atoms with van der Waals surface area (Å²) in [5.74, 6) is -2.44. The van der Waals surface area contributed by atoms with Gasteiger partial charge >= 0.3 is 0 Å². The first kappa shape index (κ1) is 22.3. The van der Waals surface area contributed by atoms with Crippen LogP contribution < -0.4 is 15.5 Å². The molecule has 1 aromatic carbocycles. The molecule has 1 fully saturated rings. The van der Waals surface area contributed by atoms with Gasteiger partial charge in [0, 0.05) is 32.4 Å². The van der Waals surface area contributed by atoms with Gasteiger partial charge in [0.2, 0.25) is 5.91 Å². The fraction of sp³-hybridized carbons (Fsp3) is 0.412. The SMILES string of the molecule is CN(C)c1cc(CNC(=O)C2CC(F)(F)CN2)c2ccccc2n1.Cl.Cl. The molecule has 9 heteroatoms. The monoisotopic (exact) mass is 406 g/mol. The maximum absolute atomic E-state index is 13.2. The number of carbonyl (C=O) groups is 1. The Labute approximate surface area is 163 Å². The van der Waals surface area contributed by atoms with Crippen LogP contribution in [0.25, 0.3) is 10.9 Å². The van der Waals surface area contributed by atoms with Gasteiger partial charge in [-0.2, -0.15) is 0 Å². The smallest absolute Gasteiger partial charge is 0.262 e. The molecule has 3 rings (SSSR count). The second-order valence-corrected chi connectivity index (χ2v) is 6.26. The summed E-state index contributed by atoms with van der Waals surface area (Å²) in [6.45, 7) is -0.180. The molecule has 0 aliphatic carbocycles. The van der Waals surface area contributed by atoms with Crippen molar-refractivity contribution in [2.24, 2.45) is 0 Å². The summed E-state index contributed by atoms with van der Waals surface area (Å²) in [4.78, 5) is 18.6. The number of nitrogens with one attached hydrogen (secondary N) is 2. The molecule has 2 heterocycles. The van der Waals surface area contributed by atoms with Crippen molar-refractivity contribution in [3.8, 4) is 0 Å². The van der Waals surface area contributed by atoms with Crippen LogP contribution in [-0.4, -0.2) is 43.5 Å². The minimum absolute atomic E-state index is 0. The van der Waals surface area contributed by atoms with E-state index in [9.17, 15) is 13.6 Å². The van der Waals surface area contributed by atoms with Gasteiger partial charge in [0.15, 0.2) is 0 Å². The number of pyridine rings is 1. The van der Waals surface area contributed by atoms with Gasteiger partial charge in [-0.1, -0.05) is 18.2 Å². The van der Waals surface area contributed by atoms with Gasteiger partial charge < -0.3 is 10.2 Å². The van der Waals surface area contributed by atoms with E-state index in [1.165, 1.54) is 0 Å². The second kappa shape index (κ2) is 8.79. The van der Waals surface area contributed by atoms with Crippen molar-refractivity contribution in [2.75, 3.05) is 25.5 Å². The average molecular weight is 407 g/mol. The van der Waals surface area contributed by atoms with E-state index in [1.807, 2.05) is 49.3 Å². The van der Waals surface area contributed by atoms with Gasteiger partial charge in [-0.05, 0) is 17.7 Å². The highest BCUT2D eigenvalue weighted by molar-refractivity contribution is 5.86. The number of fused-ring (bicyclic) bond motifs is 1. The normalized spacial score (nSPS) is 17.9. The number of amides is 1. The number of hydrogen-bond acceptors (Lipinski definition) is 4. The van der Waals surface area contributed by atoms with Gasteiger partial charge in [-0.15, -0.1) is 24.8 Å². The summed E-state index contributed by atoms with van der Waals surface area (Å²) in [6.07, 6.45) is -0.459. The van der Waals surface area contributed by atoms with Crippen LogP contribution in [0.1, 0.15) is 12.0 Å². The molecular formula is C17H22Cl2F2N4O. The Morgan fingerprint density at radius 3 is 2.65 bits per heavy atom. The fourth-order valence-corrected chi connectivity index (χ4v) is 2.81. The second-order valence-electron chi connectivity index (χ2n) is 6.26. The quantitative estimate of drug-likeness (QED) is 0.819. The molecule has 0 radical (unpaired) electrons. The molecule has 2 N–H and O–H groups in total. The number of rotatable bonds is 4. The van der Waals surface area contributed by atoms with E-state index >= 15 is 0 Å². The van der Waals surface area contributed by atoms with E-state index in [0.717, 1.165) is 22.3 Å². The van der Waals surface area contributed by atoms with E-state index in [4.69, 9.17) is 0 Å². The van der Waals surface area contributed by atoms with Crippen LogP contribution in [0.2, 0.25) is 0 Å². The molecule has 1 atom stereocenters. The van der Waals surface area contributed by atoms with Crippen LogP contribution in [0.4, 0.5) is 14.6 Å². The molecule has 0 bridgehead atoms. The van der Waals surface area contributed by atoms with Crippen molar-refractivity contribution in [1.82, 2.24) is 15.6 Å². The van der Waals surface area contributed by atoms with Crippen LogP contribution in [0.15, 0.2) is 30.3 Å². The molecule has 1 amide bonds. The average Bonchev–Trinajstić information content (AvgIpc) is 2.92. The number of aromatic nitrogens is 1. The van der Waals surface area contributed by atoms with Crippen molar-refractivity contribution < 1.29 is 13.6 Å². The number of nitrogens with zero attached hydrogens (tertiary/aromatic N) is 2. The van der Waals surface area contributed by atoms with Gasteiger partial charge in [0.05, 0.1) is 18.1 Å². The summed E-state index contributed by atoms with van der Waals surface area (Å²) in [6, 6.07) is 8.71. The standard InChI is InChI=1S/C17H20F2N4O.2ClH/c1-23(2)15-7-11(12-5-3-4-6-13(12)22-15)9-20-16(24)14-8-17(18,19)10-21-14;;/h3-7,14,21H,8-10H2,1-2H3,(H,20,24);2*1H. The highest BCUT2D eigenvalue weighted by atomic mass is 35.5. The zero-order valence-corrected chi connectivity index (χ0v) is 16.1. The fourth-order valence-electron chi connectivity index (χ4n) is 2.81. The molecule has 0 spiro atoms. The number of hydrogen-bond donors (Lipinski definition) is 2. The van der Waals surface area contributed by atoms with Crippen molar-refractivity contribution >= 4 is 47.4 Å². The predicted molar refractivity (Wildman–Crippen MR) is 104 cm³/mol. The Morgan fingerprint density at radius 2 is 2.04 bits per heavy atom. The van der Waals surface area contributed by atoms with Crippen molar-refractivity contribution in [1.29, 1.82) is 0 Å². The molecule has 1 aromatic heterocycles. The number of halogens is 4. The summed E-state index contributed by atoms with van der Waals surface area (Å²) in [7, 11) is 3.79. The van der Waals surface area contributed by atoms with Crippen LogP contribution in [0, 0.1) is 0 Å². The Kier molecular flexibility index (Phi) is 7.56. The first-order valence-electron chi connectivity index (χ1n) is 7.81. The lowest BCUT2D eigenvalue weighted by Crippen LogP contribution is -2.40. The number of anilines is 1. The number of carbonyl (C=O) groups excluding carboxylic acids is 1.